The zero-order chi connectivity index (χ0) is 10.2. The van der Waals surface area contributed by atoms with E-state index in [9.17, 15) is 0 Å². The molecule has 1 heteroatoms. The summed E-state index contributed by atoms with van der Waals surface area (Å²) >= 11 is 0. The molecule has 0 spiro atoms. The fourth-order valence-electron chi connectivity index (χ4n) is 0.500. The molecule has 0 aliphatic rings. The van der Waals surface area contributed by atoms with Crippen LogP contribution in [0.3, 0.4) is 0 Å². The Morgan fingerprint density at radius 3 is 1.17 bits per heavy atom. The number of nitrogens with one attached hydrogen (secondary N) is 1. The van der Waals surface area contributed by atoms with Gasteiger partial charge in [0.25, 0.3) is 0 Å². The average Bonchev–Trinajstić information content (AvgIpc) is 2.18. The van der Waals surface area contributed by atoms with Crippen molar-refractivity contribution in [3.8, 4) is 0 Å². The Labute approximate surface area is 80.0 Å². The minimum atomic E-state index is 1.07. The van der Waals surface area contributed by atoms with Gasteiger partial charge in [-0.05, 0) is 13.6 Å². The molecule has 0 radical (unpaired) electrons. The number of unbranched alkanes of at least 4 members (excludes halogenated alkanes) is 3. The highest BCUT2D eigenvalue weighted by Crippen LogP contribution is 1.95. The highest BCUT2D eigenvalue weighted by molar-refractivity contribution is 4.31. The maximum atomic E-state index is 2.93. The van der Waals surface area contributed by atoms with Crippen LogP contribution in [-0.2, 0) is 0 Å². The lowest BCUT2D eigenvalue weighted by Gasteiger charge is -1.86. The second kappa shape index (κ2) is 30.6. The SMILES string of the molecule is CC.CCCCCC.CCNC. The van der Waals surface area contributed by atoms with Gasteiger partial charge in [0.15, 0.2) is 0 Å². The molecule has 0 bridgehead atoms. The third-order valence-corrected chi connectivity index (χ3v) is 1.31. The predicted octanol–water partition coefficient (Wildman–Crippen LogP) is 3.84. The first-order valence-corrected chi connectivity index (χ1v) is 5.47. The Hall–Kier alpha value is -0.0400. The van der Waals surface area contributed by atoms with Crippen molar-refractivity contribution >= 4 is 0 Å². The highest BCUT2D eigenvalue weighted by Gasteiger charge is 1.75. The molecule has 0 aliphatic carbocycles. The van der Waals surface area contributed by atoms with Crippen LogP contribution in [0.4, 0.5) is 0 Å². The van der Waals surface area contributed by atoms with Gasteiger partial charge in [0.1, 0.15) is 0 Å². The molecule has 0 atom stereocenters. The third kappa shape index (κ3) is 51.0. The molecular weight excluding hydrogens is 146 g/mol. The van der Waals surface area contributed by atoms with Crippen LogP contribution in [-0.4, -0.2) is 13.6 Å². The molecule has 0 aromatic carbocycles. The van der Waals surface area contributed by atoms with E-state index < -0.39 is 0 Å². The largest absolute Gasteiger partial charge is 0.320 e. The lowest BCUT2D eigenvalue weighted by molar-refractivity contribution is 0.702. The lowest BCUT2D eigenvalue weighted by Crippen LogP contribution is -2.01. The first-order chi connectivity index (χ1) is 5.83. The van der Waals surface area contributed by atoms with Gasteiger partial charge in [0, 0.05) is 0 Å². The van der Waals surface area contributed by atoms with E-state index in [0.717, 1.165) is 6.54 Å². The molecular formula is C11H29N. The molecule has 0 aliphatic heterocycles. The summed E-state index contributed by atoms with van der Waals surface area (Å²) in [5.74, 6) is 0. The quantitative estimate of drug-likeness (QED) is 0.640. The van der Waals surface area contributed by atoms with Gasteiger partial charge in [-0.3, -0.25) is 0 Å². The number of rotatable bonds is 4. The Morgan fingerprint density at radius 2 is 1.08 bits per heavy atom. The summed E-state index contributed by atoms with van der Waals surface area (Å²) in [6, 6.07) is 0. The van der Waals surface area contributed by atoms with Crippen molar-refractivity contribution in [1.82, 2.24) is 5.32 Å². The smallest absolute Gasteiger partial charge is 0.00804 e. The van der Waals surface area contributed by atoms with Crippen molar-refractivity contribution in [2.75, 3.05) is 13.6 Å². The van der Waals surface area contributed by atoms with Gasteiger partial charge >= 0.3 is 0 Å². The monoisotopic (exact) mass is 175 g/mol. The van der Waals surface area contributed by atoms with Crippen molar-refractivity contribution in [3.05, 3.63) is 0 Å². The van der Waals surface area contributed by atoms with Gasteiger partial charge in [-0.25, -0.2) is 0 Å². The second-order valence-electron chi connectivity index (χ2n) is 2.41. The third-order valence-electron chi connectivity index (χ3n) is 1.31. The van der Waals surface area contributed by atoms with Crippen LogP contribution in [0.5, 0.6) is 0 Å². The Kier molecular flexibility index (Phi) is 45.6. The standard InChI is InChI=1S/C6H14.C3H9N.C2H6/c1-3-5-6-4-2;1-3-4-2;1-2/h3-6H2,1-2H3;4H,3H2,1-2H3;1-2H3. The van der Waals surface area contributed by atoms with Gasteiger partial charge in [0.05, 0.1) is 0 Å². The van der Waals surface area contributed by atoms with E-state index in [-0.39, 0.29) is 0 Å². The normalized spacial score (nSPS) is 7.50. The molecule has 0 aromatic rings. The summed E-state index contributed by atoms with van der Waals surface area (Å²) in [6.07, 6.45) is 5.54. The molecule has 0 aromatic heterocycles. The fraction of sp³-hybridized carbons (Fsp3) is 1.00. The van der Waals surface area contributed by atoms with Crippen LogP contribution in [0.2, 0.25) is 0 Å². The van der Waals surface area contributed by atoms with Gasteiger partial charge < -0.3 is 5.32 Å². The maximum absolute atomic E-state index is 2.93. The summed E-state index contributed by atoms with van der Waals surface area (Å²) < 4.78 is 0. The lowest BCUT2D eigenvalue weighted by atomic mass is 10.2. The highest BCUT2D eigenvalue weighted by atomic mass is 14.8. The predicted molar refractivity (Wildman–Crippen MR) is 60.8 cm³/mol. The summed E-state index contributed by atoms with van der Waals surface area (Å²) in [7, 11) is 1.93. The van der Waals surface area contributed by atoms with Crippen molar-refractivity contribution < 1.29 is 0 Å². The van der Waals surface area contributed by atoms with Gasteiger partial charge in [-0.2, -0.15) is 0 Å². The van der Waals surface area contributed by atoms with Crippen LogP contribution in [0.25, 0.3) is 0 Å². The van der Waals surface area contributed by atoms with Crippen LogP contribution < -0.4 is 5.32 Å². The first-order valence-electron chi connectivity index (χ1n) is 5.47. The van der Waals surface area contributed by atoms with Crippen molar-refractivity contribution in [2.45, 2.75) is 60.3 Å². The van der Waals surface area contributed by atoms with Crippen molar-refractivity contribution in [1.29, 1.82) is 0 Å². The molecule has 78 valence electrons. The maximum Gasteiger partial charge on any atom is -0.00804 e. The molecule has 0 saturated heterocycles. The Bertz CT molecular complexity index is 30.0. The average molecular weight is 175 g/mol. The molecule has 1 nitrogen and oxygen atoms in total. The Morgan fingerprint density at radius 1 is 0.833 bits per heavy atom. The minimum absolute atomic E-state index is 1.07. The zero-order valence-electron chi connectivity index (χ0n) is 10.0. The minimum Gasteiger partial charge on any atom is -0.320 e. The van der Waals surface area contributed by atoms with Crippen LogP contribution in [0, 0.1) is 0 Å². The molecule has 0 heterocycles. The van der Waals surface area contributed by atoms with E-state index in [1.807, 2.05) is 20.9 Å². The van der Waals surface area contributed by atoms with E-state index in [2.05, 4.69) is 26.1 Å². The van der Waals surface area contributed by atoms with E-state index in [4.69, 9.17) is 0 Å². The zero-order valence-corrected chi connectivity index (χ0v) is 10.0. The summed E-state index contributed by atoms with van der Waals surface area (Å²) in [4.78, 5) is 0. The fourth-order valence-corrected chi connectivity index (χ4v) is 0.500. The van der Waals surface area contributed by atoms with Crippen LogP contribution >= 0.6 is 0 Å². The molecule has 0 rings (SSSR count). The van der Waals surface area contributed by atoms with Crippen LogP contribution in [0.1, 0.15) is 60.3 Å². The van der Waals surface area contributed by atoms with Gasteiger partial charge in [0.2, 0.25) is 0 Å². The molecule has 1 N–H and O–H groups in total. The molecule has 0 saturated carbocycles. The van der Waals surface area contributed by atoms with E-state index in [1.54, 1.807) is 0 Å². The summed E-state index contributed by atoms with van der Waals surface area (Å²) in [6.45, 7) is 11.6. The van der Waals surface area contributed by atoms with Gasteiger partial charge in [-0.15, -0.1) is 0 Å². The molecule has 0 fully saturated rings. The topological polar surface area (TPSA) is 12.0 Å². The second-order valence-corrected chi connectivity index (χ2v) is 2.41. The molecule has 12 heavy (non-hydrogen) atoms. The van der Waals surface area contributed by atoms with Crippen molar-refractivity contribution in [2.24, 2.45) is 0 Å². The van der Waals surface area contributed by atoms with E-state index in [0.29, 0.717) is 0 Å². The number of hydrogen-bond acceptors (Lipinski definition) is 1. The van der Waals surface area contributed by atoms with Gasteiger partial charge in [-0.1, -0.05) is 60.3 Å². The number of hydrogen-bond donors (Lipinski definition) is 1. The summed E-state index contributed by atoms with van der Waals surface area (Å²) in [5.41, 5.74) is 0. The van der Waals surface area contributed by atoms with E-state index >= 15 is 0 Å². The van der Waals surface area contributed by atoms with Crippen molar-refractivity contribution in [3.63, 3.8) is 0 Å². The Balaban J connectivity index is -0.000000118. The first kappa shape index (κ1) is 17.9. The molecule has 0 unspecified atom stereocenters. The molecule has 0 amide bonds. The summed E-state index contributed by atoms with van der Waals surface area (Å²) in [5, 5.41) is 2.93. The van der Waals surface area contributed by atoms with E-state index in [1.165, 1.54) is 25.7 Å². The van der Waals surface area contributed by atoms with Crippen LogP contribution in [0.15, 0.2) is 0 Å².